The molecule has 0 bridgehead atoms. The van der Waals surface area contributed by atoms with E-state index >= 15 is 0 Å². The Labute approximate surface area is 243 Å². The molecule has 1 atom stereocenters. The van der Waals surface area contributed by atoms with Crippen molar-refractivity contribution in [3.63, 3.8) is 0 Å². The van der Waals surface area contributed by atoms with Crippen molar-refractivity contribution in [2.75, 3.05) is 11.5 Å². The number of carbonyl (C=O) groups excluding carboxylic acids is 3. The molecule has 1 aliphatic heterocycles. The number of aryl methyl sites for hydroxylation is 1. The molecule has 0 aliphatic carbocycles. The van der Waals surface area contributed by atoms with Gasteiger partial charge in [-0.05, 0) is 73.0 Å². The number of Topliss-reactive ketones (excluding diaryl/α,β-unsaturated/α-hetero) is 1. The molecular formula is C34H30N2O6. The smallest absolute Gasteiger partial charge is 0.338 e. The maximum Gasteiger partial charge on any atom is 0.338 e. The SMILES string of the molecule is CCCOC(=O)c1cccc(N2C(=O)C(=O)/C(=C(/O)c3ccc(OCc4ccccc4)c(C)c3)C2c2ccccn2)c1. The van der Waals surface area contributed by atoms with Crippen LogP contribution in [0.15, 0.2) is 103 Å². The number of aliphatic hydroxyl groups excluding tert-OH is 1. The second-order valence-corrected chi connectivity index (χ2v) is 9.86. The fourth-order valence-electron chi connectivity index (χ4n) is 4.83. The minimum atomic E-state index is -1.03. The summed E-state index contributed by atoms with van der Waals surface area (Å²) >= 11 is 0. The quantitative estimate of drug-likeness (QED) is 0.113. The van der Waals surface area contributed by atoms with Gasteiger partial charge < -0.3 is 14.6 Å². The van der Waals surface area contributed by atoms with Crippen LogP contribution in [0.25, 0.3) is 5.76 Å². The predicted molar refractivity (Wildman–Crippen MR) is 158 cm³/mol. The molecule has 1 saturated heterocycles. The lowest BCUT2D eigenvalue weighted by Crippen LogP contribution is -2.30. The lowest BCUT2D eigenvalue weighted by Gasteiger charge is -2.25. The second-order valence-electron chi connectivity index (χ2n) is 9.86. The summed E-state index contributed by atoms with van der Waals surface area (Å²) in [5, 5.41) is 11.5. The van der Waals surface area contributed by atoms with Gasteiger partial charge in [-0.1, -0.05) is 49.4 Å². The average Bonchev–Trinajstić information content (AvgIpc) is 3.29. The molecule has 1 fully saturated rings. The van der Waals surface area contributed by atoms with Crippen molar-refractivity contribution in [3.05, 3.63) is 131 Å². The molecular weight excluding hydrogens is 532 g/mol. The van der Waals surface area contributed by atoms with Crippen molar-refractivity contribution in [2.24, 2.45) is 0 Å². The molecule has 2 heterocycles. The molecule has 0 radical (unpaired) electrons. The molecule has 0 spiro atoms. The second kappa shape index (κ2) is 12.5. The molecule has 8 nitrogen and oxygen atoms in total. The van der Waals surface area contributed by atoms with Crippen LogP contribution in [0, 0.1) is 6.92 Å². The number of hydrogen-bond acceptors (Lipinski definition) is 7. The number of pyridine rings is 1. The number of benzene rings is 3. The van der Waals surface area contributed by atoms with Gasteiger partial charge in [-0.25, -0.2) is 4.79 Å². The van der Waals surface area contributed by atoms with Crippen molar-refractivity contribution >= 4 is 29.1 Å². The van der Waals surface area contributed by atoms with Crippen molar-refractivity contribution in [2.45, 2.75) is 32.9 Å². The van der Waals surface area contributed by atoms with E-state index in [1.807, 2.05) is 44.2 Å². The Kier molecular flexibility index (Phi) is 8.43. The summed E-state index contributed by atoms with van der Waals surface area (Å²) in [5.41, 5.74) is 2.95. The number of aromatic nitrogens is 1. The topological polar surface area (TPSA) is 106 Å². The zero-order valence-corrected chi connectivity index (χ0v) is 23.3. The van der Waals surface area contributed by atoms with Gasteiger partial charge in [0, 0.05) is 17.4 Å². The Morgan fingerprint density at radius 1 is 0.929 bits per heavy atom. The van der Waals surface area contributed by atoms with Gasteiger partial charge in [-0.2, -0.15) is 0 Å². The number of amides is 1. The molecule has 1 unspecified atom stereocenters. The lowest BCUT2D eigenvalue weighted by molar-refractivity contribution is -0.132. The zero-order valence-electron chi connectivity index (χ0n) is 23.3. The highest BCUT2D eigenvalue weighted by Gasteiger charge is 2.47. The summed E-state index contributed by atoms with van der Waals surface area (Å²) in [7, 11) is 0. The summed E-state index contributed by atoms with van der Waals surface area (Å²) in [6.45, 7) is 4.37. The van der Waals surface area contributed by atoms with Gasteiger partial charge >= 0.3 is 5.97 Å². The first-order valence-corrected chi connectivity index (χ1v) is 13.7. The molecule has 1 aliphatic rings. The molecule has 5 rings (SSSR count). The van der Waals surface area contributed by atoms with Gasteiger partial charge in [0.1, 0.15) is 24.2 Å². The molecule has 4 aromatic rings. The summed E-state index contributed by atoms with van der Waals surface area (Å²) < 4.78 is 11.2. The Morgan fingerprint density at radius 3 is 2.43 bits per heavy atom. The number of ketones is 1. The molecule has 8 heteroatoms. The summed E-state index contributed by atoms with van der Waals surface area (Å²) in [6.07, 6.45) is 2.22. The van der Waals surface area contributed by atoms with E-state index < -0.39 is 23.7 Å². The first-order chi connectivity index (χ1) is 20.4. The van der Waals surface area contributed by atoms with Crippen molar-refractivity contribution < 1.29 is 29.0 Å². The van der Waals surface area contributed by atoms with E-state index in [-0.39, 0.29) is 23.5 Å². The van der Waals surface area contributed by atoms with Gasteiger partial charge in [-0.15, -0.1) is 0 Å². The van der Waals surface area contributed by atoms with Crippen LogP contribution in [-0.2, 0) is 20.9 Å². The monoisotopic (exact) mass is 562 g/mol. The Bertz CT molecular complexity index is 1650. The van der Waals surface area contributed by atoms with Crippen LogP contribution in [0.5, 0.6) is 5.75 Å². The van der Waals surface area contributed by atoms with E-state index in [1.165, 1.54) is 11.0 Å². The number of esters is 1. The summed E-state index contributed by atoms with van der Waals surface area (Å²) in [5.74, 6) is -1.93. The molecule has 1 aromatic heterocycles. The standard InChI is InChI=1S/C34H30N2O6/c1-3-18-41-34(40)25-12-9-13-26(20-25)36-30(27-14-7-8-17-35-27)29(32(38)33(36)39)31(37)24-15-16-28(22(2)19-24)42-21-23-10-5-4-6-11-23/h4-17,19-20,30,37H,3,18,21H2,1-2H3/b31-29+. The van der Waals surface area contributed by atoms with Crippen LogP contribution in [0.3, 0.4) is 0 Å². The summed E-state index contributed by atoms with van der Waals surface area (Å²) in [4.78, 5) is 45.2. The van der Waals surface area contributed by atoms with Crippen LogP contribution >= 0.6 is 0 Å². The van der Waals surface area contributed by atoms with Crippen LogP contribution in [-0.4, -0.2) is 34.4 Å². The maximum atomic E-state index is 13.5. The van der Waals surface area contributed by atoms with Gasteiger partial charge in [0.05, 0.1) is 23.4 Å². The van der Waals surface area contributed by atoms with Crippen LogP contribution < -0.4 is 9.64 Å². The number of rotatable bonds is 9. The first-order valence-electron chi connectivity index (χ1n) is 13.7. The number of ether oxygens (including phenoxy) is 2. The fraction of sp³-hybridized carbons (Fsp3) is 0.176. The largest absolute Gasteiger partial charge is 0.507 e. The van der Waals surface area contributed by atoms with Gasteiger partial charge in [0.15, 0.2) is 0 Å². The zero-order chi connectivity index (χ0) is 29.6. The van der Waals surface area contributed by atoms with E-state index in [4.69, 9.17) is 9.47 Å². The number of hydrogen-bond donors (Lipinski definition) is 1. The molecule has 1 amide bonds. The van der Waals surface area contributed by atoms with E-state index in [9.17, 15) is 19.5 Å². The predicted octanol–water partition coefficient (Wildman–Crippen LogP) is 6.16. The Hall–Kier alpha value is -5.24. The highest BCUT2D eigenvalue weighted by molar-refractivity contribution is 6.51. The third-order valence-corrected chi connectivity index (χ3v) is 6.90. The average molecular weight is 563 g/mol. The van der Waals surface area contributed by atoms with Crippen molar-refractivity contribution in [3.8, 4) is 5.75 Å². The van der Waals surface area contributed by atoms with E-state index in [0.717, 1.165) is 11.1 Å². The van der Waals surface area contributed by atoms with Crippen LogP contribution in [0.1, 0.15) is 52.1 Å². The minimum absolute atomic E-state index is 0.102. The maximum absolute atomic E-state index is 13.5. The Balaban J connectivity index is 1.53. The minimum Gasteiger partial charge on any atom is -0.507 e. The van der Waals surface area contributed by atoms with Gasteiger partial charge in [0.25, 0.3) is 11.7 Å². The van der Waals surface area contributed by atoms with E-state index in [2.05, 4.69) is 4.98 Å². The van der Waals surface area contributed by atoms with Crippen LogP contribution in [0.2, 0.25) is 0 Å². The molecule has 1 N–H and O–H groups in total. The van der Waals surface area contributed by atoms with Gasteiger partial charge in [0.2, 0.25) is 0 Å². The van der Waals surface area contributed by atoms with Gasteiger partial charge in [-0.3, -0.25) is 19.5 Å². The molecule has 212 valence electrons. The molecule has 42 heavy (non-hydrogen) atoms. The normalized spacial score (nSPS) is 16.0. The fourth-order valence-corrected chi connectivity index (χ4v) is 4.83. The number of anilines is 1. The number of nitrogens with zero attached hydrogens (tertiary/aromatic N) is 2. The number of carbonyl (C=O) groups is 3. The van der Waals surface area contributed by atoms with Crippen molar-refractivity contribution in [1.82, 2.24) is 4.98 Å². The lowest BCUT2D eigenvalue weighted by atomic mass is 9.97. The molecule has 3 aromatic carbocycles. The van der Waals surface area contributed by atoms with Crippen LogP contribution in [0.4, 0.5) is 5.69 Å². The highest BCUT2D eigenvalue weighted by atomic mass is 16.5. The van der Waals surface area contributed by atoms with Crippen molar-refractivity contribution in [1.29, 1.82) is 0 Å². The highest BCUT2D eigenvalue weighted by Crippen LogP contribution is 2.42. The number of aliphatic hydroxyl groups is 1. The van der Waals surface area contributed by atoms with E-state index in [1.54, 1.807) is 60.8 Å². The third-order valence-electron chi connectivity index (χ3n) is 6.90. The summed E-state index contributed by atoms with van der Waals surface area (Å²) in [6, 6.07) is 25.3. The molecule has 0 saturated carbocycles. The van der Waals surface area contributed by atoms with E-state index in [0.29, 0.717) is 35.7 Å². The third kappa shape index (κ3) is 5.78. The Morgan fingerprint density at radius 2 is 1.71 bits per heavy atom. The first kappa shape index (κ1) is 28.3.